The number of hydrogen-bond donors (Lipinski definition) is 0. The maximum atomic E-state index is 4.39. The van der Waals surface area contributed by atoms with Gasteiger partial charge >= 0.3 is 0 Å². The molecule has 0 aliphatic heterocycles. The summed E-state index contributed by atoms with van der Waals surface area (Å²) in [5.41, 5.74) is 8.58. The van der Waals surface area contributed by atoms with Crippen LogP contribution in [-0.4, -0.2) is 9.55 Å². The molecule has 3 heteroatoms. The third-order valence-corrected chi connectivity index (χ3v) is 4.97. The first kappa shape index (κ1) is 15.6. The summed E-state index contributed by atoms with van der Waals surface area (Å²) in [6.07, 6.45) is 3.82. The Labute approximate surface area is 148 Å². The van der Waals surface area contributed by atoms with Gasteiger partial charge in [-0.2, -0.15) is 4.57 Å². The molecule has 0 aliphatic carbocycles. The Morgan fingerprint density at radius 1 is 0.840 bits per heavy atom. The van der Waals surface area contributed by atoms with E-state index in [4.69, 9.17) is 0 Å². The molecule has 0 aliphatic rings. The lowest BCUT2D eigenvalue weighted by Crippen LogP contribution is -2.30. The highest BCUT2D eigenvalue weighted by molar-refractivity contribution is 5.82. The standard InChI is InChI=1S/C22H22N3/c1-15-12-13-23-14-18(15)22-24(4)20-11-7-9-17(3)21(20)25(22)19-10-6-5-8-16(19)2/h5-14H,1-4H3/q+1. The van der Waals surface area contributed by atoms with Crippen LogP contribution in [0.2, 0.25) is 0 Å². The average Bonchev–Trinajstić information content (AvgIpc) is 2.90. The predicted octanol–water partition coefficient (Wildman–Crippen LogP) is 4.44. The van der Waals surface area contributed by atoms with Gasteiger partial charge in [0.1, 0.15) is 5.69 Å². The van der Waals surface area contributed by atoms with Crippen LogP contribution in [0.1, 0.15) is 16.7 Å². The van der Waals surface area contributed by atoms with Crippen LogP contribution >= 0.6 is 0 Å². The van der Waals surface area contributed by atoms with Gasteiger partial charge in [-0.3, -0.25) is 4.98 Å². The summed E-state index contributed by atoms with van der Waals surface area (Å²) in [4.78, 5) is 4.39. The second kappa shape index (κ2) is 5.85. The van der Waals surface area contributed by atoms with Crippen LogP contribution in [0.4, 0.5) is 0 Å². The van der Waals surface area contributed by atoms with Crippen molar-refractivity contribution in [3.8, 4) is 17.1 Å². The van der Waals surface area contributed by atoms with Crippen LogP contribution in [0.5, 0.6) is 0 Å². The summed E-state index contributed by atoms with van der Waals surface area (Å²) in [6.45, 7) is 6.49. The molecule has 0 N–H and O–H groups in total. The molecule has 0 saturated heterocycles. The van der Waals surface area contributed by atoms with Crippen LogP contribution < -0.4 is 4.57 Å². The van der Waals surface area contributed by atoms with E-state index in [1.165, 1.54) is 33.4 Å². The van der Waals surface area contributed by atoms with Crippen LogP contribution in [0, 0.1) is 20.8 Å². The largest absolute Gasteiger partial charge is 0.296 e. The van der Waals surface area contributed by atoms with Crippen LogP contribution in [-0.2, 0) is 7.05 Å². The molecule has 2 heterocycles. The second-order valence-electron chi connectivity index (χ2n) is 6.64. The van der Waals surface area contributed by atoms with Gasteiger partial charge in [-0.1, -0.05) is 30.3 Å². The van der Waals surface area contributed by atoms with E-state index in [2.05, 4.69) is 90.5 Å². The summed E-state index contributed by atoms with van der Waals surface area (Å²) in [6, 6.07) is 17.1. The molecule has 2 aromatic carbocycles. The van der Waals surface area contributed by atoms with Crippen molar-refractivity contribution < 1.29 is 4.57 Å². The van der Waals surface area contributed by atoms with Gasteiger partial charge in [0, 0.05) is 18.0 Å². The van der Waals surface area contributed by atoms with Gasteiger partial charge in [-0.05, 0) is 50.1 Å². The maximum absolute atomic E-state index is 4.39. The summed E-state index contributed by atoms with van der Waals surface area (Å²) < 4.78 is 4.66. The van der Waals surface area contributed by atoms with Gasteiger partial charge in [-0.25, -0.2) is 4.57 Å². The number of pyridine rings is 1. The molecule has 0 atom stereocenters. The minimum atomic E-state index is 1.16. The smallest absolute Gasteiger partial charge is 0.264 e. The van der Waals surface area contributed by atoms with Gasteiger partial charge in [0.15, 0.2) is 11.0 Å². The molecule has 0 amide bonds. The normalized spacial score (nSPS) is 11.2. The number of rotatable bonds is 2. The first-order valence-electron chi connectivity index (χ1n) is 8.56. The van der Waals surface area contributed by atoms with E-state index in [-0.39, 0.29) is 0 Å². The molecule has 0 bridgehead atoms. The fourth-order valence-electron chi connectivity index (χ4n) is 3.62. The Balaban J connectivity index is 2.22. The monoisotopic (exact) mass is 328 g/mol. The SMILES string of the molecule is Cc1ccncc1-c1n(-c2ccccc2C)c2c(C)cccc2[n+]1C. The average molecular weight is 328 g/mol. The van der Waals surface area contributed by atoms with Gasteiger partial charge in [0.05, 0.1) is 12.6 Å². The molecule has 0 unspecified atom stereocenters. The quantitative estimate of drug-likeness (QED) is 0.499. The van der Waals surface area contributed by atoms with E-state index in [0.29, 0.717) is 0 Å². The van der Waals surface area contributed by atoms with Crippen molar-refractivity contribution in [2.45, 2.75) is 20.8 Å². The Bertz CT molecular complexity index is 1090. The molecular weight excluding hydrogens is 306 g/mol. The molecule has 2 aromatic heterocycles. The summed E-state index contributed by atoms with van der Waals surface area (Å²) >= 11 is 0. The van der Waals surface area contributed by atoms with Crippen LogP contribution in [0.3, 0.4) is 0 Å². The Kier molecular flexibility index (Phi) is 3.65. The second-order valence-corrected chi connectivity index (χ2v) is 6.64. The molecule has 0 fully saturated rings. The lowest BCUT2D eigenvalue weighted by atomic mass is 10.1. The highest BCUT2D eigenvalue weighted by atomic mass is 15.2. The Morgan fingerprint density at radius 3 is 2.36 bits per heavy atom. The van der Waals surface area contributed by atoms with Gasteiger partial charge in [-0.15, -0.1) is 0 Å². The van der Waals surface area contributed by atoms with Crippen LogP contribution in [0.25, 0.3) is 28.1 Å². The number of imidazole rings is 1. The molecule has 4 aromatic rings. The zero-order valence-electron chi connectivity index (χ0n) is 15.1. The molecule has 4 rings (SSSR count). The minimum Gasteiger partial charge on any atom is -0.264 e. The highest BCUT2D eigenvalue weighted by Gasteiger charge is 2.28. The third-order valence-electron chi connectivity index (χ3n) is 4.97. The number of para-hydroxylation sites is 2. The van der Waals surface area contributed by atoms with Crippen molar-refractivity contribution in [1.82, 2.24) is 9.55 Å². The topological polar surface area (TPSA) is 21.7 Å². The first-order valence-corrected chi connectivity index (χ1v) is 8.56. The fourth-order valence-corrected chi connectivity index (χ4v) is 3.62. The molecule has 3 nitrogen and oxygen atoms in total. The highest BCUT2D eigenvalue weighted by Crippen LogP contribution is 2.31. The molecule has 25 heavy (non-hydrogen) atoms. The minimum absolute atomic E-state index is 1.16. The van der Waals surface area contributed by atoms with Crippen molar-refractivity contribution in [3.05, 3.63) is 77.6 Å². The van der Waals surface area contributed by atoms with Crippen molar-refractivity contribution in [2.24, 2.45) is 7.05 Å². The Morgan fingerprint density at radius 2 is 1.60 bits per heavy atom. The van der Waals surface area contributed by atoms with Crippen molar-refractivity contribution in [1.29, 1.82) is 0 Å². The van der Waals surface area contributed by atoms with E-state index >= 15 is 0 Å². The Hall–Kier alpha value is -2.94. The summed E-state index contributed by atoms with van der Waals surface area (Å²) in [7, 11) is 2.14. The molecule has 0 saturated carbocycles. The predicted molar refractivity (Wildman–Crippen MR) is 102 cm³/mol. The fraction of sp³-hybridized carbons (Fsp3) is 0.182. The third kappa shape index (κ3) is 2.35. The van der Waals surface area contributed by atoms with Crippen molar-refractivity contribution >= 4 is 11.0 Å². The number of fused-ring (bicyclic) bond motifs is 1. The summed E-state index contributed by atoms with van der Waals surface area (Å²) in [5, 5.41) is 0. The van der Waals surface area contributed by atoms with Crippen molar-refractivity contribution in [2.75, 3.05) is 0 Å². The van der Waals surface area contributed by atoms with Crippen molar-refractivity contribution in [3.63, 3.8) is 0 Å². The van der Waals surface area contributed by atoms with E-state index in [0.717, 1.165) is 11.4 Å². The lowest BCUT2D eigenvalue weighted by Gasteiger charge is -2.08. The zero-order valence-corrected chi connectivity index (χ0v) is 15.1. The number of aromatic nitrogens is 3. The molecule has 0 radical (unpaired) electrons. The van der Waals surface area contributed by atoms with Gasteiger partial charge in [0.25, 0.3) is 5.82 Å². The van der Waals surface area contributed by atoms with E-state index in [1.54, 1.807) is 0 Å². The van der Waals surface area contributed by atoms with Gasteiger partial charge < -0.3 is 0 Å². The number of hydrogen-bond acceptors (Lipinski definition) is 1. The number of benzene rings is 2. The maximum Gasteiger partial charge on any atom is 0.296 e. The molecule has 0 spiro atoms. The zero-order chi connectivity index (χ0) is 17.6. The first-order chi connectivity index (χ1) is 12.1. The van der Waals surface area contributed by atoms with E-state index < -0.39 is 0 Å². The van der Waals surface area contributed by atoms with Crippen LogP contribution in [0.15, 0.2) is 60.9 Å². The van der Waals surface area contributed by atoms with Gasteiger partial charge in [0.2, 0.25) is 0 Å². The van der Waals surface area contributed by atoms with E-state index in [1.807, 2.05) is 12.4 Å². The lowest BCUT2D eigenvalue weighted by molar-refractivity contribution is -0.633. The number of aryl methyl sites for hydroxylation is 4. The number of nitrogens with zero attached hydrogens (tertiary/aromatic N) is 3. The van der Waals surface area contributed by atoms with E-state index in [9.17, 15) is 0 Å². The molecular formula is C22H22N3+. The molecule has 124 valence electrons. The summed E-state index contributed by atoms with van der Waals surface area (Å²) in [5.74, 6) is 1.16.